The standard InChI is InChI=1S/C24H21ClN4O3S/c1-17-6-9-20(10-7-17)33(31,32)28-22-11-8-18(14-21(22)25)24(30)27-15-19-4-2-3-5-23(19)29-13-12-26-16-29/h2-14,16,28H,15H2,1H3,(H,27,30). The molecule has 7 nitrogen and oxygen atoms in total. The number of nitrogens with one attached hydrogen (secondary N) is 2. The van der Waals surface area contributed by atoms with Crippen molar-refractivity contribution in [1.82, 2.24) is 14.9 Å². The molecule has 2 N–H and O–H groups in total. The maximum absolute atomic E-state index is 12.7. The summed E-state index contributed by atoms with van der Waals surface area (Å²) in [5.41, 5.74) is 3.29. The van der Waals surface area contributed by atoms with Gasteiger partial charge in [-0.2, -0.15) is 0 Å². The molecule has 0 fully saturated rings. The van der Waals surface area contributed by atoms with E-state index in [1.807, 2.05) is 42.0 Å². The van der Waals surface area contributed by atoms with E-state index in [2.05, 4.69) is 15.0 Å². The van der Waals surface area contributed by atoms with Crippen molar-refractivity contribution in [2.24, 2.45) is 0 Å². The van der Waals surface area contributed by atoms with E-state index in [-0.39, 0.29) is 21.5 Å². The first-order chi connectivity index (χ1) is 15.8. The molecule has 0 aliphatic rings. The Morgan fingerprint density at radius 1 is 1.06 bits per heavy atom. The highest BCUT2D eigenvalue weighted by atomic mass is 35.5. The van der Waals surface area contributed by atoms with Crippen molar-refractivity contribution in [2.45, 2.75) is 18.4 Å². The third kappa shape index (κ3) is 5.24. The molecule has 4 rings (SSSR count). The Morgan fingerprint density at radius 3 is 2.52 bits per heavy atom. The van der Waals surface area contributed by atoms with Crippen LogP contribution in [0.15, 0.2) is 90.3 Å². The van der Waals surface area contributed by atoms with E-state index in [0.717, 1.165) is 16.8 Å². The van der Waals surface area contributed by atoms with Crippen LogP contribution in [0.25, 0.3) is 5.69 Å². The van der Waals surface area contributed by atoms with Crippen LogP contribution in [0.3, 0.4) is 0 Å². The van der Waals surface area contributed by atoms with Gasteiger partial charge in [-0.15, -0.1) is 0 Å². The topological polar surface area (TPSA) is 93.1 Å². The lowest BCUT2D eigenvalue weighted by molar-refractivity contribution is 0.0951. The van der Waals surface area contributed by atoms with Crippen LogP contribution in [-0.4, -0.2) is 23.9 Å². The average molecular weight is 481 g/mol. The van der Waals surface area contributed by atoms with E-state index in [1.165, 1.54) is 30.3 Å². The number of aryl methyl sites for hydroxylation is 1. The van der Waals surface area contributed by atoms with Gasteiger partial charge in [0.1, 0.15) is 0 Å². The molecule has 9 heteroatoms. The highest BCUT2D eigenvalue weighted by molar-refractivity contribution is 7.92. The number of aromatic nitrogens is 2. The molecule has 3 aromatic carbocycles. The summed E-state index contributed by atoms with van der Waals surface area (Å²) < 4.78 is 29.6. The van der Waals surface area contributed by atoms with E-state index < -0.39 is 10.0 Å². The molecule has 1 heterocycles. The van der Waals surface area contributed by atoms with Crippen LogP contribution >= 0.6 is 11.6 Å². The fourth-order valence-electron chi connectivity index (χ4n) is 3.25. The fourth-order valence-corrected chi connectivity index (χ4v) is 4.62. The third-order valence-electron chi connectivity index (χ3n) is 5.02. The molecule has 0 atom stereocenters. The normalized spacial score (nSPS) is 11.2. The number of halogens is 1. The first-order valence-corrected chi connectivity index (χ1v) is 11.9. The number of sulfonamides is 1. The molecule has 1 amide bonds. The summed E-state index contributed by atoms with van der Waals surface area (Å²) in [5, 5.41) is 3.00. The molecule has 33 heavy (non-hydrogen) atoms. The number of carbonyl (C=O) groups excluding carboxylic acids is 1. The lowest BCUT2D eigenvalue weighted by Gasteiger charge is -2.13. The zero-order valence-electron chi connectivity index (χ0n) is 17.7. The molecule has 0 unspecified atom stereocenters. The second-order valence-electron chi connectivity index (χ2n) is 7.39. The van der Waals surface area contributed by atoms with Crippen molar-refractivity contribution in [3.05, 3.63) is 107 Å². The number of anilines is 1. The Labute approximate surface area is 197 Å². The van der Waals surface area contributed by atoms with E-state index >= 15 is 0 Å². The van der Waals surface area contributed by atoms with E-state index in [0.29, 0.717) is 12.1 Å². The third-order valence-corrected chi connectivity index (χ3v) is 6.71. The molecule has 0 aliphatic heterocycles. The Balaban J connectivity index is 1.46. The Kier molecular flexibility index (Phi) is 6.48. The monoisotopic (exact) mass is 480 g/mol. The molecule has 0 saturated heterocycles. The van der Waals surface area contributed by atoms with Crippen LogP contribution in [0, 0.1) is 6.92 Å². The van der Waals surface area contributed by atoms with Gasteiger partial charge >= 0.3 is 0 Å². The predicted molar refractivity (Wildman–Crippen MR) is 128 cm³/mol. The molecular formula is C24H21ClN4O3S. The van der Waals surface area contributed by atoms with Crippen LogP contribution in [-0.2, 0) is 16.6 Å². The number of hydrogen-bond donors (Lipinski definition) is 2. The smallest absolute Gasteiger partial charge is 0.261 e. The maximum Gasteiger partial charge on any atom is 0.261 e. The number of hydrogen-bond acceptors (Lipinski definition) is 4. The molecule has 0 saturated carbocycles. The van der Waals surface area contributed by atoms with Crippen molar-refractivity contribution in [3.8, 4) is 5.69 Å². The molecule has 4 aromatic rings. The first-order valence-electron chi connectivity index (χ1n) is 10.1. The largest absolute Gasteiger partial charge is 0.348 e. The Bertz CT molecular complexity index is 1390. The molecule has 1 aromatic heterocycles. The summed E-state index contributed by atoms with van der Waals surface area (Å²) in [5.74, 6) is -0.328. The number of amides is 1. The van der Waals surface area contributed by atoms with E-state index in [4.69, 9.17) is 11.6 Å². The second-order valence-corrected chi connectivity index (χ2v) is 9.48. The Hall–Kier alpha value is -3.62. The Morgan fingerprint density at radius 2 is 1.82 bits per heavy atom. The molecule has 0 spiro atoms. The van der Waals surface area contributed by atoms with Gasteiger partial charge in [0.05, 0.1) is 27.6 Å². The summed E-state index contributed by atoms with van der Waals surface area (Å²) in [7, 11) is -3.80. The maximum atomic E-state index is 12.7. The van der Waals surface area contributed by atoms with Gasteiger partial charge in [-0.3, -0.25) is 9.52 Å². The summed E-state index contributed by atoms with van der Waals surface area (Å²) >= 11 is 6.28. The number of imidazole rings is 1. The number of benzene rings is 3. The number of para-hydroxylation sites is 1. The summed E-state index contributed by atoms with van der Waals surface area (Å²) in [4.78, 5) is 16.9. The molecular weight excluding hydrogens is 460 g/mol. The fraction of sp³-hybridized carbons (Fsp3) is 0.0833. The van der Waals surface area contributed by atoms with Gasteiger partial charge in [0, 0.05) is 24.5 Å². The van der Waals surface area contributed by atoms with Crippen LogP contribution in [0.5, 0.6) is 0 Å². The molecule has 0 radical (unpaired) electrons. The van der Waals surface area contributed by atoms with Crippen molar-refractivity contribution in [2.75, 3.05) is 4.72 Å². The molecule has 0 aliphatic carbocycles. The van der Waals surface area contributed by atoms with Crippen LogP contribution in [0.4, 0.5) is 5.69 Å². The van der Waals surface area contributed by atoms with Gasteiger partial charge in [0.25, 0.3) is 15.9 Å². The van der Waals surface area contributed by atoms with E-state index in [1.54, 1.807) is 24.7 Å². The van der Waals surface area contributed by atoms with Crippen molar-refractivity contribution in [3.63, 3.8) is 0 Å². The summed E-state index contributed by atoms with van der Waals surface area (Å²) in [6, 6.07) is 18.6. The number of nitrogens with zero attached hydrogens (tertiary/aromatic N) is 2. The van der Waals surface area contributed by atoms with Crippen molar-refractivity contribution < 1.29 is 13.2 Å². The minimum absolute atomic E-state index is 0.122. The van der Waals surface area contributed by atoms with Gasteiger partial charge in [-0.05, 0) is 48.9 Å². The van der Waals surface area contributed by atoms with Gasteiger partial charge in [0.15, 0.2) is 0 Å². The minimum atomic E-state index is -3.80. The van der Waals surface area contributed by atoms with Gasteiger partial charge < -0.3 is 9.88 Å². The number of carbonyl (C=O) groups is 1. The van der Waals surface area contributed by atoms with Crippen LogP contribution in [0.2, 0.25) is 5.02 Å². The van der Waals surface area contributed by atoms with Crippen molar-refractivity contribution >= 4 is 33.2 Å². The highest BCUT2D eigenvalue weighted by Crippen LogP contribution is 2.26. The van der Waals surface area contributed by atoms with Gasteiger partial charge in [-0.1, -0.05) is 47.5 Å². The summed E-state index contributed by atoms with van der Waals surface area (Å²) in [6.07, 6.45) is 5.21. The minimum Gasteiger partial charge on any atom is -0.348 e. The quantitative estimate of drug-likeness (QED) is 0.405. The summed E-state index contributed by atoms with van der Waals surface area (Å²) in [6.45, 7) is 2.17. The molecule has 168 valence electrons. The van der Waals surface area contributed by atoms with Gasteiger partial charge in [-0.25, -0.2) is 13.4 Å². The zero-order valence-corrected chi connectivity index (χ0v) is 19.3. The average Bonchev–Trinajstić information content (AvgIpc) is 3.34. The predicted octanol–water partition coefficient (Wildman–Crippen LogP) is 4.56. The lowest BCUT2D eigenvalue weighted by Crippen LogP contribution is -2.23. The van der Waals surface area contributed by atoms with Gasteiger partial charge in [0.2, 0.25) is 0 Å². The van der Waals surface area contributed by atoms with Crippen LogP contribution < -0.4 is 10.0 Å². The van der Waals surface area contributed by atoms with Crippen LogP contribution in [0.1, 0.15) is 21.5 Å². The van der Waals surface area contributed by atoms with E-state index in [9.17, 15) is 13.2 Å². The first kappa shape index (κ1) is 22.6. The highest BCUT2D eigenvalue weighted by Gasteiger charge is 2.17. The molecule has 0 bridgehead atoms. The SMILES string of the molecule is Cc1ccc(S(=O)(=O)Nc2ccc(C(=O)NCc3ccccc3-n3ccnc3)cc2Cl)cc1. The second kappa shape index (κ2) is 9.48. The van der Waals surface area contributed by atoms with Crippen molar-refractivity contribution in [1.29, 1.82) is 0 Å². The number of rotatable bonds is 7. The lowest BCUT2D eigenvalue weighted by atomic mass is 10.1. The zero-order chi connectivity index (χ0) is 23.4.